The van der Waals surface area contributed by atoms with E-state index in [9.17, 15) is 4.79 Å². The third kappa shape index (κ3) is 3.92. The normalized spacial score (nSPS) is 14.6. The molecule has 0 spiro atoms. The summed E-state index contributed by atoms with van der Waals surface area (Å²) in [5.74, 6) is 0.383. The Morgan fingerprint density at radius 2 is 1.78 bits per heavy atom. The number of nitrogens with one attached hydrogen (secondary N) is 1. The van der Waals surface area contributed by atoms with E-state index in [-0.39, 0.29) is 5.91 Å². The number of anilines is 2. The summed E-state index contributed by atoms with van der Waals surface area (Å²) in [6.07, 6.45) is 6.80. The molecule has 0 aliphatic carbocycles. The third-order valence-corrected chi connectivity index (χ3v) is 4.26. The molecule has 1 aromatic heterocycles. The number of carbonyl (C=O) groups excluding carboxylic acids is 1. The minimum Gasteiger partial charge on any atom is -0.341 e. The number of piperidine rings is 1. The van der Waals surface area contributed by atoms with Crippen LogP contribution in [0.5, 0.6) is 0 Å². The largest absolute Gasteiger partial charge is 0.341 e. The molecule has 0 radical (unpaired) electrons. The van der Waals surface area contributed by atoms with Gasteiger partial charge in [-0.1, -0.05) is 23.2 Å². The number of hydrogen-bond acceptors (Lipinski definition) is 4. The van der Waals surface area contributed by atoms with Crippen LogP contribution >= 0.6 is 23.2 Å². The summed E-state index contributed by atoms with van der Waals surface area (Å²) >= 11 is 11.9. The average Bonchev–Trinajstić information content (AvgIpc) is 2.56. The summed E-state index contributed by atoms with van der Waals surface area (Å²) in [6, 6.07) is 4.75. The van der Waals surface area contributed by atoms with Crippen molar-refractivity contribution in [3.63, 3.8) is 0 Å². The fraction of sp³-hybridized carbons (Fsp3) is 0.312. The monoisotopic (exact) mass is 350 g/mol. The van der Waals surface area contributed by atoms with E-state index in [0.717, 1.165) is 25.9 Å². The summed E-state index contributed by atoms with van der Waals surface area (Å²) in [7, 11) is 0. The van der Waals surface area contributed by atoms with Crippen molar-refractivity contribution in [1.82, 2.24) is 9.97 Å². The van der Waals surface area contributed by atoms with E-state index >= 15 is 0 Å². The van der Waals surface area contributed by atoms with Crippen molar-refractivity contribution in [3.05, 3.63) is 46.2 Å². The zero-order chi connectivity index (χ0) is 16.2. The Labute approximate surface area is 144 Å². The first kappa shape index (κ1) is 16.0. The molecule has 1 aliphatic rings. The lowest BCUT2D eigenvalue weighted by molar-refractivity contribution is 0.102. The third-order valence-electron chi connectivity index (χ3n) is 3.71. The first-order valence-electron chi connectivity index (χ1n) is 7.47. The highest BCUT2D eigenvalue weighted by Crippen LogP contribution is 2.22. The molecule has 2 aromatic rings. The van der Waals surface area contributed by atoms with Gasteiger partial charge in [0.1, 0.15) is 0 Å². The minimum atomic E-state index is -0.319. The van der Waals surface area contributed by atoms with Gasteiger partial charge in [-0.15, -0.1) is 0 Å². The number of amides is 1. The van der Waals surface area contributed by atoms with Crippen LogP contribution in [0.1, 0.15) is 29.6 Å². The van der Waals surface area contributed by atoms with Crippen LogP contribution in [0.15, 0.2) is 30.6 Å². The van der Waals surface area contributed by atoms with Crippen molar-refractivity contribution >= 4 is 40.7 Å². The van der Waals surface area contributed by atoms with Crippen molar-refractivity contribution in [2.75, 3.05) is 23.3 Å². The van der Waals surface area contributed by atoms with Crippen molar-refractivity contribution in [3.8, 4) is 0 Å². The lowest BCUT2D eigenvalue weighted by Crippen LogP contribution is -2.30. The Hall–Kier alpha value is -1.85. The zero-order valence-corrected chi connectivity index (χ0v) is 13.9. The van der Waals surface area contributed by atoms with E-state index in [4.69, 9.17) is 23.2 Å². The molecular formula is C16H16Cl2N4O. The van der Waals surface area contributed by atoms with Crippen molar-refractivity contribution in [2.45, 2.75) is 19.3 Å². The second-order valence-corrected chi connectivity index (χ2v) is 6.24. The van der Waals surface area contributed by atoms with Crippen molar-refractivity contribution in [2.24, 2.45) is 0 Å². The Morgan fingerprint density at radius 1 is 1.09 bits per heavy atom. The molecule has 1 aliphatic heterocycles. The SMILES string of the molecule is O=C(Nc1cnc(N2CCCCC2)nc1)c1ccc(Cl)cc1Cl. The summed E-state index contributed by atoms with van der Waals surface area (Å²) in [5, 5.41) is 3.53. The van der Waals surface area contributed by atoms with Gasteiger partial charge in [0.05, 0.1) is 28.7 Å². The predicted molar refractivity (Wildman–Crippen MR) is 92.5 cm³/mol. The molecule has 120 valence electrons. The smallest absolute Gasteiger partial charge is 0.257 e. The van der Waals surface area contributed by atoms with Crippen LogP contribution in [0.25, 0.3) is 0 Å². The van der Waals surface area contributed by atoms with Crippen LogP contribution < -0.4 is 10.2 Å². The summed E-state index contributed by atoms with van der Waals surface area (Å²) in [5.41, 5.74) is 0.887. The number of rotatable bonds is 3. The predicted octanol–water partition coefficient (Wildman–Crippen LogP) is 4.03. The minimum absolute atomic E-state index is 0.306. The number of nitrogens with zero attached hydrogens (tertiary/aromatic N) is 3. The molecule has 1 saturated heterocycles. The first-order valence-corrected chi connectivity index (χ1v) is 8.22. The number of benzene rings is 1. The lowest BCUT2D eigenvalue weighted by atomic mass is 10.1. The van der Waals surface area contributed by atoms with Gasteiger partial charge in [-0.25, -0.2) is 9.97 Å². The van der Waals surface area contributed by atoms with E-state index < -0.39 is 0 Å². The Morgan fingerprint density at radius 3 is 2.43 bits per heavy atom. The van der Waals surface area contributed by atoms with E-state index in [1.54, 1.807) is 24.5 Å². The fourth-order valence-corrected chi connectivity index (χ4v) is 3.01. The van der Waals surface area contributed by atoms with Crippen LogP contribution in [0, 0.1) is 0 Å². The van der Waals surface area contributed by atoms with Crippen LogP contribution in [0.3, 0.4) is 0 Å². The summed E-state index contributed by atoms with van der Waals surface area (Å²) in [4.78, 5) is 23.0. The van der Waals surface area contributed by atoms with Gasteiger partial charge in [-0.05, 0) is 37.5 Å². The average molecular weight is 351 g/mol. The summed E-state index contributed by atoms with van der Waals surface area (Å²) < 4.78 is 0. The van der Waals surface area contributed by atoms with E-state index in [2.05, 4.69) is 20.2 Å². The van der Waals surface area contributed by atoms with Crippen molar-refractivity contribution in [1.29, 1.82) is 0 Å². The fourth-order valence-electron chi connectivity index (χ4n) is 2.52. The maximum absolute atomic E-state index is 12.2. The second kappa shape index (κ2) is 7.15. The highest BCUT2D eigenvalue weighted by Gasteiger charge is 2.14. The lowest BCUT2D eigenvalue weighted by Gasteiger charge is -2.26. The van der Waals surface area contributed by atoms with E-state index in [1.807, 2.05) is 0 Å². The number of halogens is 2. The molecule has 0 bridgehead atoms. The Bertz CT molecular complexity index is 700. The van der Waals surface area contributed by atoms with Gasteiger partial charge >= 0.3 is 0 Å². The van der Waals surface area contributed by atoms with Crippen molar-refractivity contribution < 1.29 is 4.79 Å². The van der Waals surface area contributed by atoms with Crippen LogP contribution in [-0.4, -0.2) is 29.0 Å². The molecule has 1 aromatic carbocycles. The van der Waals surface area contributed by atoms with E-state index in [0.29, 0.717) is 27.2 Å². The molecule has 23 heavy (non-hydrogen) atoms. The molecule has 2 heterocycles. The highest BCUT2D eigenvalue weighted by molar-refractivity contribution is 6.37. The molecule has 1 amide bonds. The van der Waals surface area contributed by atoms with E-state index in [1.165, 1.54) is 12.5 Å². The maximum Gasteiger partial charge on any atom is 0.257 e. The van der Waals surface area contributed by atoms with Crippen LogP contribution in [-0.2, 0) is 0 Å². The second-order valence-electron chi connectivity index (χ2n) is 5.40. The molecule has 5 nitrogen and oxygen atoms in total. The Balaban J connectivity index is 1.69. The first-order chi connectivity index (χ1) is 11.1. The zero-order valence-electron chi connectivity index (χ0n) is 12.4. The molecule has 3 rings (SSSR count). The number of aromatic nitrogens is 2. The van der Waals surface area contributed by atoms with Gasteiger partial charge in [0, 0.05) is 18.1 Å². The molecule has 1 N–H and O–H groups in total. The van der Waals surface area contributed by atoms with Crippen LogP contribution in [0.4, 0.5) is 11.6 Å². The number of carbonyl (C=O) groups is 1. The quantitative estimate of drug-likeness (QED) is 0.907. The van der Waals surface area contributed by atoms with Gasteiger partial charge in [0.25, 0.3) is 5.91 Å². The topological polar surface area (TPSA) is 58.1 Å². The molecule has 7 heteroatoms. The molecular weight excluding hydrogens is 335 g/mol. The standard InChI is InChI=1S/C16H16Cl2N4O/c17-11-4-5-13(14(18)8-11)15(23)21-12-9-19-16(20-10-12)22-6-2-1-3-7-22/h4-5,8-10H,1-3,6-7H2,(H,21,23). The van der Waals surface area contributed by atoms with Gasteiger partial charge in [-0.3, -0.25) is 4.79 Å². The number of hydrogen-bond donors (Lipinski definition) is 1. The van der Waals surface area contributed by atoms with Gasteiger partial charge < -0.3 is 10.2 Å². The summed E-state index contributed by atoms with van der Waals surface area (Å²) in [6.45, 7) is 1.96. The molecule has 0 atom stereocenters. The van der Waals surface area contributed by atoms with Gasteiger partial charge in [0.15, 0.2) is 0 Å². The Kier molecular flexibility index (Phi) is 4.98. The highest BCUT2D eigenvalue weighted by atomic mass is 35.5. The molecule has 1 fully saturated rings. The van der Waals surface area contributed by atoms with Gasteiger partial charge in [-0.2, -0.15) is 0 Å². The molecule has 0 saturated carbocycles. The van der Waals surface area contributed by atoms with Gasteiger partial charge in [0.2, 0.25) is 5.95 Å². The maximum atomic E-state index is 12.2. The van der Waals surface area contributed by atoms with Crippen LogP contribution in [0.2, 0.25) is 10.0 Å². The molecule has 0 unspecified atom stereocenters.